The van der Waals surface area contributed by atoms with E-state index in [1.807, 2.05) is 11.3 Å². The molecule has 0 spiro atoms. The largest absolute Gasteiger partial charge is 0.374 e. The first kappa shape index (κ1) is 21.5. The second-order valence-corrected chi connectivity index (χ2v) is 10.8. The van der Waals surface area contributed by atoms with Crippen molar-refractivity contribution in [1.82, 2.24) is 4.57 Å². The standard InChI is InChI=1S/C34H23BN2S/c1-4-14-24(15-5-1)35-34-31(28-21-11-13-23-30(28)38-34)33-32(37(35)26-18-8-3-9-19-26)27-20-10-12-22-29(27)36(33)25-16-6-2-7-17-25/h1-23H. The van der Waals surface area contributed by atoms with Gasteiger partial charge in [-0.1, -0.05) is 103 Å². The topological polar surface area (TPSA) is 8.17 Å². The molecule has 2 aromatic heterocycles. The van der Waals surface area contributed by atoms with Crippen LogP contribution in [-0.2, 0) is 0 Å². The van der Waals surface area contributed by atoms with Crippen molar-refractivity contribution in [3.05, 3.63) is 140 Å². The molecule has 0 aliphatic carbocycles. The molecule has 1 aliphatic rings. The van der Waals surface area contributed by atoms with E-state index in [2.05, 4.69) is 149 Å². The fourth-order valence-corrected chi connectivity index (χ4v) is 7.42. The molecule has 8 rings (SSSR count). The number of fused-ring (bicyclic) bond motifs is 7. The van der Waals surface area contributed by atoms with Gasteiger partial charge in [0.2, 0.25) is 0 Å². The first-order chi connectivity index (χ1) is 18.9. The maximum absolute atomic E-state index is 2.57. The summed E-state index contributed by atoms with van der Waals surface area (Å²) in [5.74, 6) is 0. The second-order valence-electron chi connectivity index (χ2n) is 9.74. The number of para-hydroxylation sites is 3. The molecule has 5 aromatic carbocycles. The lowest BCUT2D eigenvalue weighted by atomic mass is 9.50. The highest BCUT2D eigenvalue weighted by molar-refractivity contribution is 7.32. The van der Waals surface area contributed by atoms with Gasteiger partial charge in [0.1, 0.15) is 0 Å². The number of benzene rings is 5. The third kappa shape index (κ3) is 3.07. The fourth-order valence-electron chi connectivity index (χ4n) is 6.09. The monoisotopic (exact) mass is 502 g/mol. The van der Waals surface area contributed by atoms with Gasteiger partial charge in [-0.25, -0.2) is 0 Å². The third-order valence-corrected chi connectivity index (χ3v) is 8.84. The van der Waals surface area contributed by atoms with E-state index in [1.54, 1.807) is 0 Å². The van der Waals surface area contributed by atoms with Gasteiger partial charge in [0.05, 0.1) is 16.9 Å². The normalized spacial score (nSPS) is 12.6. The fraction of sp³-hybridized carbons (Fsp3) is 0. The zero-order valence-electron chi connectivity index (χ0n) is 20.7. The molecular formula is C34H23BN2S. The van der Waals surface area contributed by atoms with E-state index in [0.717, 1.165) is 0 Å². The SMILES string of the molecule is c1ccc(B2c3sc4ccccc4c3-c3c(c4ccccc4n3-c3ccccc3)N2c2ccccc2)cc1. The number of nitrogens with zero attached hydrogens (tertiary/aromatic N) is 2. The Hall–Kier alpha value is -4.54. The number of rotatable bonds is 3. The molecule has 0 radical (unpaired) electrons. The third-order valence-electron chi connectivity index (χ3n) is 7.62. The lowest BCUT2D eigenvalue weighted by Gasteiger charge is -2.36. The Balaban J connectivity index is 1.59. The van der Waals surface area contributed by atoms with Gasteiger partial charge in [0, 0.05) is 37.2 Å². The zero-order chi connectivity index (χ0) is 25.1. The van der Waals surface area contributed by atoms with E-state index in [-0.39, 0.29) is 6.85 Å². The van der Waals surface area contributed by atoms with Crippen LogP contribution in [-0.4, -0.2) is 11.4 Å². The van der Waals surface area contributed by atoms with Crippen LogP contribution < -0.4 is 15.1 Å². The van der Waals surface area contributed by atoms with E-state index in [1.165, 1.54) is 59.5 Å². The van der Waals surface area contributed by atoms with Crippen molar-refractivity contribution in [1.29, 1.82) is 0 Å². The highest BCUT2D eigenvalue weighted by Crippen LogP contribution is 2.50. The summed E-state index contributed by atoms with van der Waals surface area (Å²) in [6.07, 6.45) is 0. The molecule has 0 unspecified atom stereocenters. The van der Waals surface area contributed by atoms with Crippen LogP contribution in [0.25, 0.3) is 37.9 Å². The van der Waals surface area contributed by atoms with Gasteiger partial charge in [-0.15, -0.1) is 11.3 Å². The number of hydrogen-bond donors (Lipinski definition) is 0. The minimum Gasteiger partial charge on any atom is -0.374 e. The summed E-state index contributed by atoms with van der Waals surface area (Å²) < 4.78 is 5.18. The molecule has 4 heteroatoms. The summed E-state index contributed by atoms with van der Waals surface area (Å²) in [5, 5.41) is 2.58. The molecule has 178 valence electrons. The van der Waals surface area contributed by atoms with Crippen LogP contribution in [0.2, 0.25) is 0 Å². The average molecular weight is 502 g/mol. The van der Waals surface area contributed by atoms with Gasteiger partial charge >= 0.3 is 6.85 Å². The van der Waals surface area contributed by atoms with Crippen molar-refractivity contribution in [2.45, 2.75) is 0 Å². The van der Waals surface area contributed by atoms with Crippen molar-refractivity contribution in [2.24, 2.45) is 0 Å². The second kappa shape index (κ2) is 8.51. The molecule has 7 aromatic rings. The van der Waals surface area contributed by atoms with Gasteiger partial charge in [-0.05, 0) is 41.9 Å². The van der Waals surface area contributed by atoms with Gasteiger partial charge in [-0.2, -0.15) is 0 Å². The summed E-state index contributed by atoms with van der Waals surface area (Å²) in [5.41, 5.74) is 8.77. The smallest absolute Gasteiger partial charge is 0.339 e. The molecule has 0 atom stereocenters. The summed E-state index contributed by atoms with van der Waals surface area (Å²) in [7, 11) is 0. The van der Waals surface area contributed by atoms with Crippen molar-refractivity contribution < 1.29 is 0 Å². The number of anilines is 2. The molecule has 0 N–H and O–H groups in total. The minimum absolute atomic E-state index is 0.0635. The number of aromatic nitrogens is 1. The average Bonchev–Trinajstić information content (AvgIpc) is 3.54. The Bertz CT molecular complexity index is 1920. The zero-order valence-corrected chi connectivity index (χ0v) is 21.5. The van der Waals surface area contributed by atoms with Crippen LogP contribution in [0.15, 0.2) is 140 Å². The highest BCUT2D eigenvalue weighted by atomic mass is 32.1. The van der Waals surface area contributed by atoms with Crippen LogP contribution in [0.4, 0.5) is 11.4 Å². The molecular weight excluding hydrogens is 479 g/mol. The summed E-state index contributed by atoms with van der Waals surface area (Å²) in [6.45, 7) is 0.0635. The molecule has 3 heterocycles. The van der Waals surface area contributed by atoms with Crippen LogP contribution in [0.1, 0.15) is 0 Å². The number of hydrogen-bond acceptors (Lipinski definition) is 2. The Labute approximate surface area is 226 Å². The van der Waals surface area contributed by atoms with Crippen LogP contribution in [0.3, 0.4) is 0 Å². The molecule has 2 nitrogen and oxygen atoms in total. The van der Waals surface area contributed by atoms with E-state index < -0.39 is 0 Å². The minimum atomic E-state index is 0.0635. The van der Waals surface area contributed by atoms with Crippen molar-refractivity contribution in [3.63, 3.8) is 0 Å². The Morgan fingerprint density at radius 2 is 1.11 bits per heavy atom. The lowest BCUT2D eigenvalue weighted by molar-refractivity contribution is 1.13. The van der Waals surface area contributed by atoms with E-state index in [4.69, 9.17) is 0 Å². The molecule has 0 fully saturated rings. The van der Waals surface area contributed by atoms with Crippen LogP contribution in [0, 0.1) is 0 Å². The van der Waals surface area contributed by atoms with Crippen molar-refractivity contribution in [3.8, 4) is 16.9 Å². The van der Waals surface area contributed by atoms with E-state index in [9.17, 15) is 0 Å². The predicted octanol–water partition coefficient (Wildman–Crippen LogP) is 7.77. The maximum Gasteiger partial charge on any atom is 0.339 e. The Kier molecular flexibility index (Phi) is 4.82. The van der Waals surface area contributed by atoms with Crippen molar-refractivity contribution in [2.75, 3.05) is 4.81 Å². The first-order valence-electron chi connectivity index (χ1n) is 13.0. The molecule has 0 saturated carbocycles. The molecule has 0 amide bonds. The summed E-state index contributed by atoms with van der Waals surface area (Å²) in [4.78, 5) is 2.57. The summed E-state index contributed by atoms with van der Waals surface area (Å²) >= 11 is 1.92. The first-order valence-corrected chi connectivity index (χ1v) is 13.8. The molecule has 0 bridgehead atoms. The number of thiophene rings is 1. The summed E-state index contributed by atoms with van der Waals surface area (Å²) in [6, 6.07) is 50.4. The van der Waals surface area contributed by atoms with Gasteiger partial charge in [-0.3, -0.25) is 0 Å². The Morgan fingerprint density at radius 1 is 0.526 bits per heavy atom. The highest BCUT2D eigenvalue weighted by Gasteiger charge is 2.42. The molecule has 0 saturated heterocycles. The lowest BCUT2D eigenvalue weighted by Crippen LogP contribution is -2.56. The van der Waals surface area contributed by atoms with E-state index in [0.29, 0.717) is 0 Å². The Morgan fingerprint density at radius 3 is 1.84 bits per heavy atom. The van der Waals surface area contributed by atoms with Gasteiger partial charge in [0.25, 0.3) is 0 Å². The van der Waals surface area contributed by atoms with Gasteiger partial charge in [0.15, 0.2) is 0 Å². The maximum atomic E-state index is 2.57. The van der Waals surface area contributed by atoms with Crippen LogP contribution >= 0.6 is 11.3 Å². The molecule has 1 aliphatic heterocycles. The van der Waals surface area contributed by atoms with E-state index >= 15 is 0 Å². The molecule has 38 heavy (non-hydrogen) atoms. The predicted molar refractivity (Wildman–Crippen MR) is 164 cm³/mol. The van der Waals surface area contributed by atoms with Gasteiger partial charge < -0.3 is 9.38 Å². The van der Waals surface area contributed by atoms with Crippen LogP contribution in [0.5, 0.6) is 0 Å². The van der Waals surface area contributed by atoms with Crippen molar-refractivity contribution >= 4 is 60.8 Å². The quantitative estimate of drug-likeness (QED) is 0.224.